The van der Waals surface area contributed by atoms with Crippen LogP contribution in [0.3, 0.4) is 0 Å². The van der Waals surface area contributed by atoms with Crippen molar-refractivity contribution in [2.45, 2.75) is 83.9 Å². The van der Waals surface area contributed by atoms with E-state index < -0.39 is 53.2 Å². The number of rotatable bonds is 11. The van der Waals surface area contributed by atoms with Crippen LogP contribution in [0.5, 0.6) is 0 Å². The zero-order valence-electron chi connectivity index (χ0n) is 21.7. The minimum Gasteiger partial charge on any atom is -0.467 e. The van der Waals surface area contributed by atoms with E-state index >= 15 is 0 Å². The van der Waals surface area contributed by atoms with E-state index in [2.05, 4.69) is 0 Å². The highest BCUT2D eigenvalue weighted by molar-refractivity contribution is 7.99. The Hall–Kier alpha value is -2.43. The predicted molar refractivity (Wildman–Crippen MR) is 133 cm³/mol. The maximum atomic E-state index is 12.9. The van der Waals surface area contributed by atoms with Gasteiger partial charge in [0.15, 0.2) is 18.3 Å². The van der Waals surface area contributed by atoms with Crippen molar-refractivity contribution in [3.63, 3.8) is 0 Å². The lowest BCUT2D eigenvalue weighted by Gasteiger charge is -2.44. The molecule has 1 aliphatic heterocycles. The van der Waals surface area contributed by atoms with Crippen LogP contribution in [0.1, 0.15) is 53.0 Å². The Bertz CT molecular complexity index is 896. The van der Waals surface area contributed by atoms with Gasteiger partial charge in [-0.1, -0.05) is 37.3 Å². The molecule has 0 saturated carbocycles. The van der Waals surface area contributed by atoms with Crippen molar-refractivity contribution >= 4 is 35.5 Å². The third-order valence-corrected chi connectivity index (χ3v) is 6.39. The molecule has 1 unspecified atom stereocenters. The first-order chi connectivity index (χ1) is 17.0. The van der Waals surface area contributed by atoms with Crippen LogP contribution in [0, 0.1) is 5.41 Å². The smallest absolute Gasteiger partial charge is 0.339 e. The highest BCUT2D eigenvalue weighted by Gasteiger charge is 2.54. The summed E-state index contributed by atoms with van der Waals surface area (Å²) in [6, 6.07) is 9.30. The Balaban J connectivity index is 2.47. The number of benzene rings is 1. The highest BCUT2D eigenvalue weighted by atomic mass is 32.2. The third kappa shape index (κ3) is 8.60. The first kappa shape index (κ1) is 29.8. The summed E-state index contributed by atoms with van der Waals surface area (Å²) in [5.41, 5.74) is -0.766. The van der Waals surface area contributed by atoms with Crippen molar-refractivity contribution in [3.8, 4) is 0 Å². The molecular formula is C26H36O9S. The number of hydrogen-bond acceptors (Lipinski definition) is 10. The van der Waals surface area contributed by atoms with Gasteiger partial charge in [0.2, 0.25) is 0 Å². The Kier molecular flexibility index (Phi) is 11.4. The number of carbonyl (C=O) groups is 4. The van der Waals surface area contributed by atoms with Crippen LogP contribution in [0.15, 0.2) is 30.3 Å². The van der Waals surface area contributed by atoms with Gasteiger partial charge in [-0.25, -0.2) is 4.79 Å². The molecule has 1 fully saturated rings. The molecule has 36 heavy (non-hydrogen) atoms. The van der Waals surface area contributed by atoms with E-state index in [0.717, 1.165) is 5.56 Å². The molecule has 1 aromatic rings. The van der Waals surface area contributed by atoms with Gasteiger partial charge in [0.25, 0.3) is 0 Å². The number of ketones is 1. The van der Waals surface area contributed by atoms with E-state index in [1.54, 1.807) is 20.8 Å². The van der Waals surface area contributed by atoms with E-state index in [1.807, 2.05) is 37.3 Å². The second-order valence-corrected chi connectivity index (χ2v) is 10.8. The third-order valence-electron chi connectivity index (χ3n) is 5.35. The Morgan fingerprint density at radius 1 is 0.972 bits per heavy atom. The van der Waals surface area contributed by atoms with E-state index in [9.17, 15) is 19.2 Å². The van der Waals surface area contributed by atoms with Gasteiger partial charge in [-0.05, 0) is 39.0 Å². The average molecular weight is 525 g/mol. The van der Waals surface area contributed by atoms with Crippen LogP contribution < -0.4 is 0 Å². The molecule has 0 radical (unpaired) electrons. The second-order valence-electron chi connectivity index (χ2n) is 9.44. The normalized spacial score (nSPS) is 24.0. The largest absolute Gasteiger partial charge is 0.467 e. The van der Waals surface area contributed by atoms with Gasteiger partial charge in [-0.15, -0.1) is 11.8 Å². The molecule has 1 aliphatic rings. The molecule has 200 valence electrons. The summed E-state index contributed by atoms with van der Waals surface area (Å²) in [5, 5.41) is 0. The summed E-state index contributed by atoms with van der Waals surface area (Å²) in [6.07, 6.45) is -4.80. The lowest BCUT2D eigenvalue weighted by molar-refractivity contribution is -0.241. The molecule has 0 aromatic heterocycles. The van der Waals surface area contributed by atoms with Crippen LogP contribution in [-0.4, -0.2) is 66.4 Å². The van der Waals surface area contributed by atoms with E-state index in [4.69, 9.17) is 23.7 Å². The standard InChI is InChI=1S/C26H36O9S/c1-7-36-24-22(35-25(30)26(3,4)5)19(32-15-17-11-9-8-10-12-17)20(21(34-24)23(29)31-6)33-18(28)14-13-16(2)27/h8-12,19-22,24H,7,13-15H2,1-6H3/t19-,20-,21-,22+,24?/m0/s1. The molecule has 10 heteroatoms. The van der Waals surface area contributed by atoms with E-state index in [-0.39, 0.29) is 25.2 Å². The Morgan fingerprint density at radius 2 is 1.64 bits per heavy atom. The van der Waals surface area contributed by atoms with Crippen molar-refractivity contribution in [3.05, 3.63) is 35.9 Å². The van der Waals surface area contributed by atoms with E-state index in [1.165, 1.54) is 25.8 Å². The first-order valence-electron chi connectivity index (χ1n) is 11.9. The highest BCUT2D eigenvalue weighted by Crippen LogP contribution is 2.36. The summed E-state index contributed by atoms with van der Waals surface area (Å²) in [4.78, 5) is 49.6. The molecule has 0 bridgehead atoms. The molecule has 5 atom stereocenters. The summed E-state index contributed by atoms with van der Waals surface area (Å²) in [7, 11) is 1.20. The van der Waals surface area contributed by atoms with Crippen molar-refractivity contribution in [1.82, 2.24) is 0 Å². The quantitative estimate of drug-likeness (QED) is 0.315. The molecule has 1 aromatic carbocycles. The van der Waals surface area contributed by atoms with E-state index in [0.29, 0.717) is 5.75 Å². The molecule has 9 nitrogen and oxygen atoms in total. The van der Waals surface area contributed by atoms with Gasteiger partial charge in [0.05, 0.1) is 25.6 Å². The fourth-order valence-corrected chi connectivity index (χ4v) is 4.34. The topological polar surface area (TPSA) is 114 Å². The molecule has 0 N–H and O–H groups in total. The van der Waals surface area contributed by atoms with Crippen molar-refractivity contribution in [2.24, 2.45) is 5.41 Å². The number of methoxy groups -OCH3 is 1. The minimum atomic E-state index is -1.31. The number of carbonyl (C=O) groups excluding carboxylic acids is 4. The lowest BCUT2D eigenvalue weighted by Crippen LogP contribution is -2.62. The predicted octanol–water partition coefficient (Wildman–Crippen LogP) is 3.46. The number of ether oxygens (including phenoxy) is 5. The zero-order valence-corrected chi connectivity index (χ0v) is 22.5. The Morgan fingerprint density at radius 3 is 2.19 bits per heavy atom. The summed E-state index contributed by atoms with van der Waals surface area (Å²) in [5.74, 6) is -1.54. The average Bonchev–Trinajstić information content (AvgIpc) is 2.83. The summed E-state index contributed by atoms with van der Waals surface area (Å²) in [6.45, 7) is 8.53. The molecule has 0 amide bonds. The van der Waals surface area contributed by atoms with Crippen molar-refractivity contribution in [1.29, 1.82) is 0 Å². The molecule has 0 aliphatic carbocycles. The van der Waals surface area contributed by atoms with Gasteiger partial charge >= 0.3 is 17.9 Å². The Labute approximate surface area is 216 Å². The number of hydrogen-bond donors (Lipinski definition) is 0. The van der Waals surface area contributed by atoms with Crippen LogP contribution in [0.25, 0.3) is 0 Å². The fraction of sp³-hybridized carbons (Fsp3) is 0.615. The molecule has 0 spiro atoms. The second kappa shape index (κ2) is 13.8. The molecule has 2 rings (SSSR count). The van der Waals surface area contributed by atoms with Gasteiger partial charge in [-0.3, -0.25) is 9.59 Å². The molecule has 1 heterocycles. The van der Waals surface area contributed by atoms with Gasteiger partial charge < -0.3 is 28.5 Å². The van der Waals surface area contributed by atoms with Crippen molar-refractivity contribution in [2.75, 3.05) is 12.9 Å². The summed E-state index contributed by atoms with van der Waals surface area (Å²) < 4.78 is 28.7. The van der Waals surface area contributed by atoms with Crippen LogP contribution in [0.4, 0.5) is 0 Å². The SMILES string of the molecule is CCSC1O[C@H](C(=O)OC)[C@@H](OC(=O)CCC(C)=O)[C@H](OCc2ccccc2)[C@H]1OC(=O)C(C)(C)C. The number of thioether (sulfide) groups is 1. The minimum absolute atomic E-state index is 0.0123. The van der Waals surface area contributed by atoms with Gasteiger partial charge in [-0.2, -0.15) is 0 Å². The lowest BCUT2D eigenvalue weighted by atomic mass is 9.95. The van der Waals surface area contributed by atoms with Crippen LogP contribution >= 0.6 is 11.8 Å². The monoisotopic (exact) mass is 524 g/mol. The van der Waals surface area contributed by atoms with Crippen molar-refractivity contribution < 1.29 is 42.9 Å². The molecular weight excluding hydrogens is 488 g/mol. The summed E-state index contributed by atoms with van der Waals surface area (Å²) >= 11 is 1.33. The van der Waals surface area contributed by atoms with Gasteiger partial charge in [0, 0.05) is 6.42 Å². The number of esters is 3. The first-order valence-corrected chi connectivity index (χ1v) is 12.9. The molecule has 1 saturated heterocycles. The fourth-order valence-electron chi connectivity index (χ4n) is 3.41. The maximum Gasteiger partial charge on any atom is 0.339 e. The number of Topliss-reactive ketones (excluding diaryl/α,β-unsaturated/α-hetero) is 1. The van der Waals surface area contributed by atoms with Gasteiger partial charge in [0.1, 0.15) is 17.3 Å². The van der Waals surface area contributed by atoms with Crippen LogP contribution in [0.2, 0.25) is 0 Å². The maximum absolute atomic E-state index is 12.9. The van der Waals surface area contributed by atoms with Crippen LogP contribution in [-0.2, 0) is 49.5 Å². The zero-order chi connectivity index (χ0) is 26.9.